The fourth-order valence-electron chi connectivity index (χ4n) is 1.47. The summed E-state index contributed by atoms with van der Waals surface area (Å²) in [7, 11) is 0. The largest absolute Gasteiger partial charge is 0.481 e. The highest BCUT2D eigenvalue weighted by Crippen LogP contribution is 2.25. The molecular weight excluding hydrogens is 284 g/mol. The molecule has 0 radical (unpaired) electrons. The number of rotatable bonds is 8. The Labute approximate surface area is 113 Å². The summed E-state index contributed by atoms with van der Waals surface area (Å²) in [5, 5.41) is 12.8. The molecule has 0 rings (SSSR count). The lowest BCUT2D eigenvalue weighted by atomic mass is 9.82. The van der Waals surface area contributed by atoms with Crippen molar-refractivity contribution < 1.29 is 32.3 Å². The van der Waals surface area contributed by atoms with Gasteiger partial charge < -0.3 is 15.7 Å². The lowest BCUT2D eigenvalue weighted by Crippen LogP contribution is -2.49. The van der Waals surface area contributed by atoms with Crippen molar-refractivity contribution in [3.63, 3.8) is 0 Å². The van der Waals surface area contributed by atoms with Gasteiger partial charge in [0.1, 0.15) is 0 Å². The van der Waals surface area contributed by atoms with Gasteiger partial charge in [-0.3, -0.25) is 4.79 Å². The topological polar surface area (TPSA) is 78.4 Å². The van der Waals surface area contributed by atoms with Crippen molar-refractivity contribution in [3.05, 3.63) is 0 Å². The third kappa shape index (κ3) is 4.86. The molecule has 3 N–H and O–H groups in total. The molecule has 0 aromatic rings. The lowest BCUT2D eigenvalue weighted by Gasteiger charge is -2.27. The Bertz CT molecular complexity index is 347. The fourth-order valence-corrected chi connectivity index (χ4v) is 1.47. The number of carboxylic acids is 1. The second-order valence-electron chi connectivity index (χ2n) is 4.39. The molecule has 0 atom stereocenters. The van der Waals surface area contributed by atoms with Crippen LogP contribution in [0.1, 0.15) is 26.7 Å². The van der Waals surface area contributed by atoms with Crippen molar-refractivity contribution in [2.75, 3.05) is 13.1 Å². The molecule has 0 aromatic heterocycles. The highest BCUT2D eigenvalue weighted by Gasteiger charge is 2.41. The Morgan fingerprint density at radius 2 is 1.55 bits per heavy atom. The number of aliphatic carboxylic acids is 1. The summed E-state index contributed by atoms with van der Waals surface area (Å²) in [4.78, 5) is 22.3. The van der Waals surface area contributed by atoms with Crippen molar-refractivity contribution in [3.8, 4) is 0 Å². The molecule has 2 amide bonds. The van der Waals surface area contributed by atoms with Gasteiger partial charge in [-0.05, 0) is 12.8 Å². The molecule has 0 aliphatic heterocycles. The molecule has 0 saturated carbocycles. The molecular formula is C11H18F4N2O3. The van der Waals surface area contributed by atoms with Crippen LogP contribution >= 0.6 is 0 Å². The summed E-state index contributed by atoms with van der Waals surface area (Å²) in [5.41, 5.74) is -1.21. The van der Waals surface area contributed by atoms with Gasteiger partial charge in [0.05, 0.1) is 12.0 Å². The molecule has 0 spiro atoms. The van der Waals surface area contributed by atoms with Crippen molar-refractivity contribution in [1.82, 2.24) is 10.6 Å². The Morgan fingerprint density at radius 1 is 1.10 bits per heavy atom. The van der Waals surface area contributed by atoms with Crippen LogP contribution in [0, 0.1) is 5.41 Å². The molecule has 20 heavy (non-hydrogen) atoms. The Hall–Kier alpha value is -1.54. The van der Waals surface area contributed by atoms with E-state index in [1.807, 2.05) is 0 Å². The fraction of sp³-hybridized carbons (Fsp3) is 0.818. The van der Waals surface area contributed by atoms with Gasteiger partial charge in [-0.15, -0.1) is 0 Å². The third-order valence-corrected chi connectivity index (χ3v) is 3.20. The standard InChI is InChI=1S/C11H18F4N2O3/c1-3-10(4-2,8(18)19)5-16-9(20)17-6-11(14,15)7(12)13/h7H,3-6H2,1-2H3,(H,18,19)(H2,16,17,20). The Balaban J connectivity index is 4.39. The smallest absolute Gasteiger partial charge is 0.324 e. The predicted octanol–water partition coefficient (Wildman–Crippen LogP) is 2.08. The first-order valence-corrected chi connectivity index (χ1v) is 6.02. The molecule has 0 fully saturated rings. The number of carbonyl (C=O) groups excluding carboxylic acids is 1. The Kier molecular flexibility index (Phi) is 6.74. The van der Waals surface area contributed by atoms with Crippen molar-refractivity contribution in [1.29, 1.82) is 0 Å². The molecule has 0 unspecified atom stereocenters. The average Bonchev–Trinajstić information content (AvgIpc) is 2.37. The molecule has 0 aromatic carbocycles. The van der Waals surface area contributed by atoms with Gasteiger partial charge in [-0.1, -0.05) is 13.8 Å². The summed E-state index contributed by atoms with van der Waals surface area (Å²) in [6, 6.07) is -1.11. The summed E-state index contributed by atoms with van der Waals surface area (Å²) in [6.45, 7) is 1.43. The van der Waals surface area contributed by atoms with Crippen LogP contribution in [0.2, 0.25) is 0 Å². The van der Waals surface area contributed by atoms with Crippen LogP contribution in [0.15, 0.2) is 0 Å². The van der Waals surface area contributed by atoms with Crippen LogP contribution < -0.4 is 10.6 Å². The first-order valence-electron chi connectivity index (χ1n) is 6.02. The van der Waals surface area contributed by atoms with Gasteiger partial charge in [0.15, 0.2) is 0 Å². The summed E-state index contributed by atoms with van der Waals surface area (Å²) < 4.78 is 48.8. The predicted molar refractivity (Wildman–Crippen MR) is 63.0 cm³/mol. The summed E-state index contributed by atoms with van der Waals surface area (Å²) in [5.74, 6) is -5.45. The van der Waals surface area contributed by atoms with Crippen molar-refractivity contribution >= 4 is 12.0 Å². The van der Waals surface area contributed by atoms with Gasteiger partial charge in [0.2, 0.25) is 0 Å². The zero-order chi connectivity index (χ0) is 16.0. The zero-order valence-electron chi connectivity index (χ0n) is 11.2. The lowest BCUT2D eigenvalue weighted by molar-refractivity contribution is -0.149. The minimum Gasteiger partial charge on any atom is -0.481 e. The van der Waals surface area contributed by atoms with E-state index in [0.717, 1.165) is 0 Å². The summed E-state index contributed by atoms with van der Waals surface area (Å²) >= 11 is 0. The van der Waals surface area contributed by atoms with Gasteiger partial charge in [-0.25, -0.2) is 13.6 Å². The minimum atomic E-state index is -4.32. The summed E-state index contributed by atoms with van der Waals surface area (Å²) in [6.07, 6.45) is -3.43. The van der Waals surface area contributed by atoms with Crippen LogP contribution in [0.4, 0.5) is 22.4 Å². The number of halogens is 4. The number of hydrogen-bond acceptors (Lipinski definition) is 2. The number of carboxylic acid groups (broad SMARTS) is 1. The van der Waals surface area contributed by atoms with Gasteiger partial charge in [-0.2, -0.15) is 8.78 Å². The quantitative estimate of drug-likeness (QED) is 0.601. The van der Waals surface area contributed by atoms with Crippen LogP contribution in [0.5, 0.6) is 0 Å². The maximum absolute atomic E-state index is 12.6. The van der Waals surface area contributed by atoms with Gasteiger partial charge in [0, 0.05) is 6.54 Å². The van der Waals surface area contributed by atoms with E-state index >= 15 is 0 Å². The monoisotopic (exact) mass is 302 g/mol. The van der Waals surface area contributed by atoms with Gasteiger partial charge in [0.25, 0.3) is 0 Å². The van der Waals surface area contributed by atoms with E-state index in [4.69, 9.17) is 5.11 Å². The van der Waals surface area contributed by atoms with Crippen LogP contribution in [-0.2, 0) is 4.79 Å². The van der Waals surface area contributed by atoms with E-state index in [-0.39, 0.29) is 19.4 Å². The number of carbonyl (C=O) groups is 2. The number of hydrogen-bond donors (Lipinski definition) is 3. The zero-order valence-corrected chi connectivity index (χ0v) is 11.2. The molecule has 0 bridgehead atoms. The van der Waals surface area contributed by atoms with E-state index in [1.54, 1.807) is 19.2 Å². The highest BCUT2D eigenvalue weighted by molar-refractivity contribution is 5.78. The minimum absolute atomic E-state index is 0.228. The van der Waals surface area contributed by atoms with Gasteiger partial charge >= 0.3 is 24.3 Å². The van der Waals surface area contributed by atoms with Crippen LogP contribution in [0.25, 0.3) is 0 Å². The number of nitrogens with one attached hydrogen (secondary N) is 2. The average molecular weight is 302 g/mol. The van der Waals surface area contributed by atoms with E-state index in [2.05, 4.69) is 5.32 Å². The molecule has 9 heteroatoms. The molecule has 0 aliphatic carbocycles. The Morgan fingerprint density at radius 3 is 1.90 bits per heavy atom. The van der Waals surface area contributed by atoms with Crippen molar-refractivity contribution in [2.45, 2.75) is 39.0 Å². The van der Waals surface area contributed by atoms with E-state index in [9.17, 15) is 27.2 Å². The SMILES string of the molecule is CCC(CC)(CNC(=O)NCC(F)(F)C(F)F)C(=O)O. The first-order chi connectivity index (χ1) is 9.11. The van der Waals surface area contributed by atoms with E-state index < -0.39 is 36.3 Å². The molecule has 118 valence electrons. The second kappa shape index (κ2) is 7.30. The maximum atomic E-state index is 12.6. The number of urea groups is 1. The van der Waals surface area contributed by atoms with E-state index in [0.29, 0.717) is 0 Å². The van der Waals surface area contributed by atoms with E-state index in [1.165, 1.54) is 0 Å². The number of amides is 2. The first kappa shape index (κ1) is 18.5. The second-order valence-corrected chi connectivity index (χ2v) is 4.39. The molecule has 0 saturated heterocycles. The maximum Gasteiger partial charge on any atom is 0.324 e. The molecule has 0 heterocycles. The van der Waals surface area contributed by atoms with Crippen LogP contribution in [-0.4, -0.2) is 42.5 Å². The molecule has 0 aliphatic rings. The highest BCUT2D eigenvalue weighted by atomic mass is 19.3. The normalized spacial score (nSPS) is 12.3. The molecule has 5 nitrogen and oxygen atoms in total. The third-order valence-electron chi connectivity index (χ3n) is 3.20. The van der Waals surface area contributed by atoms with Crippen molar-refractivity contribution in [2.24, 2.45) is 5.41 Å². The number of alkyl halides is 4. The van der Waals surface area contributed by atoms with Crippen LogP contribution in [0.3, 0.4) is 0 Å².